The van der Waals surface area contributed by atoms with Crippen LogP contribution in [0.5, 0.6) is 0 Å². The molecule has 4 nitrogen and oxygen atoms in total. The van der Waals surface area contributed by atoms with Crippen molar-refractivity contribution >= 4 is 28.8 Å². The van der Waals surface area contributed by atoms with E-state index < -0.39 is 17.4 Å². The fourth-order valence-corrected chi connectivity index (χ4v) is 2.69. The first-order chi connectivity index (χ1) is 8.44. The number of carboxylic acid groups (broad SMARTS) is 2. The van der Waals surface area contributed by atoms with E-state index in [1.165, 1.54) is 23.5 Å². The van der Waals surface area contributed by atoms with Crippen molar-refractivity contribution in [2.24, 2.45) is 5.41 Å². The molecule has 1 unspecified atom stereocenters. The van der Waals surface area contributed by atoms with Crippen LogP contribution in [0.25, 0.3) is 5.57 Å². The van der Waals surface area contributed by atoms with E-state index in [9.17, 15) is 14.7 Å². The summed E-state index contributed by atoms with van der Waals surface area (Å²) in [7, 11) is 0. The van der Waals surface area contributed by atoms with E-state index in [1.807, 2.05) is 17.5 Å². The van der Waals surface area contributed by atoms with Gasteiger partial charge in [0.2, 0.25) is 0 Å². The first kappa shape index (κ1) is 12.6. The molecule has 1 aromatic heterocycles. The highest BCUT2D eigenvalue weighted by atomic mass is 32.1. The fraction of sp³-hybridized carbons (Fsp3) is 0.231. The molecule has 1 aromatic rings. The van der Waals surface area contributed by atoms with Crippen LogP contribution in [0.2, 0.25) is 0 Å². The molecule has 0 saturated carbocycles. The van der Waals surface area contributed by atoms with Gasteiger partial charge in [-0.15, -0.1) is 11.3 Å². The molecule has 0 amide bonds. The Kier molecular flexibility index (Phi) is 3.09. The van der Waals surface area contributed by atoms with Crippen LogP contribution in [0.4, 0.5) is 0 Å². The molecule has 0 bridgehead atoms. The van der Waals surface area contributed by atoms with Crippen molar-refractivity contribution in [2.45, 2.75) is 13.3 Å². The van der Waals surface area contributed by atoms with Gasteiger partial charge in [-0.05, 0) is 30.4 Å². The summed E-state index contributed by atoms with van der Waals surface area (Å²) in [5.41, 5.74) is -0.278. The lowest BCUT2D eigenvalue weighted by molar-refractivity contribution is -0.145. The molecular weight excluding hydrogens is 252 g/mol. The number of thiophene rings is 1. The summed E-state index contributed by atoms with van der Waals surface area (Å²) in [6.45, 7) is 1.60. The molecule has 0 saturated heterocycles. The first-order valence-corrected chi connectivity index (χ1v) is 6.25. The van der Waals surface area contributed by atoms with E-state index in [0.29, 0.717) is 5.57 Å². The minimum absolute atomic E-state index is 0.177. The second-order valence-corrected chi connectivity index (χ2v) is 5.36. The van der Waals surface area contributed by atoms with Crippen molar-refractivity contribution < 1.29 is 19.8 Å². The zero-order chi connectivity index (χ0) is 13.3. The highest BCUT2D eigenvalue weighted by Gasteiger charge is 2.36. The van der Waals surface area contributed by atoms with Crippen molar-refractivity contribution in [1.29, 1.82) is 0 Å². The van der Waals surface area contributed by atoms with Gasteiger partial charge in [0, 0.05) is 4.88 Å². The van der Waals surface area contributed by atoms with Gasteiger partial charge in [0.05, 0.1) is 11.0 Å². The van der Waals surface area contributed by atoms with Crippen LogP contribution >= 0.6 is 11.3 Å². The maximum Gasteiger partial charge on any atom is 0.336 e. The lowest BCUT2D eigenvalue weighted by atomic mass is 9.77. The van der Waals surface area contributed by atoms with Crippen molar-refractivity contribution in [3.63, 3.8) is 0 Å². The van der Waals surface area contributed by atoms with Crippen LogP contribution in [-0.4, -0.2) is 22.2 Å². The van der Waals surface area contributed by atoms with E-state index in [0.717, 1.165) is 4.88 Å². The summed E-state index contributed by atoms with van der Waals surface area (Å²) in [4.78, 5) is 23.2. The maximum absolute atomic E-state index is 11.2. The molecule has 0 radical (unpaired) electrons. The van der Waals surface area contributed by atoms with Gasteiger partial charge >= 0.3 is 11.9 Å². The van der Waals surface area contributed by atoms with E-state index in [4.69, 9.17) is 5.11 Å². The van der Waals surface area contributed by atoms with E-state index in [2.05, 4.69) is 0 Å². The van der Waals surface area contributed by atoms with Crippen LogP contribution in [0.3, 0.4) is 0 Å². The standard InChI is InChI=1S/C13H12O4S/c1-13(12(16)17)5-4-8(11(14)15)9(7-13)10-3-2-6-18-10/h2-6H,7H2,1H3,(H,14,15)(H,16,17). The normalized spacial score (nSPS) is 23.2. The molecule has 1 aliphatic rings. The van der Waals surface area contributed by atoms with Gasteiger partial charge in [0.1, 0.15) is 0 Å². The smallest absolute Gasteiger partial charge is 0.336 e. The molecular formula is C13H12O4S. The van der Waals surface area contributed by atoms with Gasteiger partial charge in [0.15, 0.2) is 0 Å². The zero-order valence-corrected chi connectivity index (χ0v) is 10.5. The third kappa shape index (κ3) is 2.09. The Morgan fingerprint density at radius 1 is 1.39 bits per heavy atom. The molecule has 0 spiro atoms. The van der Waals surface area contributed by atoms with Crippen LogP contribution in [0.15, 0.2) is 35.2 Å². The number of aliphatic carboxylic acids is 2. The van der Waals surface area contributed by atoms with Crippen LogP contribution in [0, 0.1) is 5.41 Å². The zero-order valence-electron chi connectivity index (χ0n) is 9.71. The monoisotopic (exact) mass is 264 g/mol. The predicted octanol–water partition coefficient (Wildman–Crippen LogP) is 2.64. The third-order valence-corrected chi connectivity index (χ3v) is 3.95. The Labute approximate surface area is 108 Å². The number of hydrogen-bond acceptors (Lipinski definition) is 3. The maximum atomic E-state index is 11.2. The number of allylic oxidation sites excluding steroid dienone is 1. The van der Waals surface area contributed by atoms with Crippen LogP contribution in [0.1, 0.15) is 18.2 Å². The molecule has 0 aliphatic heterocycles. The molecule has 5 heteroatoms. The molecule has 2 rings (SSSR count). The molecule has 1 heterocycles. The van der Waals surface area contributed by atoms with Gasteiger partial charge in [0.25, 0.3) is 0 Å². The Morgan fingerprint density at radius 2 is 2.11 bits per heavy atom. The molecule has 2 N–H and O–H groups in total. The lowest BCUT2D eigenvalue weighted by Crippen LogP contribution is -2.28. The first-order valence-electron chi connectivity index (χ1n) is 5.37. The van der Waals surface area contributed by atoms with Gasteiger partial charge in [-0.25, -0.2) is 4.79 Å². The van der Waals surface area contributed by atoms with E-state index in [-0.39, 0.29) is 12.0 Å². The minimum Gasteiger partial charge on any atom is -0.481 e. The van der Waals surface area contributed by atoms with Crippen LogP contribution in [-0.2, 0) is 9.59 Å². The average molecular weight is 264 g/mol. The average Bonchev–Trinajstić information content (AvgIpc) is 2.81. The second-order valence-electron chi connectivity index (χ2n) is 4.41. The van der Waals surface area contributed by atoms with Crippen molar-refractivity contribution in [3.8, 4) is 0 Å². The van der Waals surface area contributed by atoms with Crippen molar-refractivity contribution in [2.75, 3.05) is 0 Å². The lowest BCUT2D eigenvalue weighted by Gasteiger charge is -2.26. The largest absolute Gasteiger partial charge is 0.481 e. The summed E-state index contributed by atoms with van der Waals surface area (Å²) >= 11 is 1.42. The SMILES string of the molecule is CC1(C(=O)O)C=CC(C(=O)O)=C(c2cccs2)C1. The second kappa shape index (κ2) is 4.42. The Hall–Kier alpha value is -1.88. The van der Waals surface area contributed by atoms with Crippen LogP contribution < -0.4 is 0 Å². The predicted molar refractivity (Wildman–Crippen MR) is 68.4 cm³/mol. The van der Waals surface area contributed by atoms with Crippen molar-refractivity contribution in [3.05, 3.63) is 40.1 Å². The topological polar surface area (TPSA) is 74.6 Å². The highest BCUT2D eigenvalue weighted by Crippen LogP contribution is 2.40. The molecule has 1 aliphatic carbocycles. The molecule has 0 fully saturated rings. The third-order valence-electron chi connectivity index (χ3n) is 3.02. The summed E-state index contributed by atoms with van der Waals surface area (Å²) in [5.74, 6) is -1.97. The summed E-state index contributed by atoms with van der Waals surface area (Å²) in [6.07, 6.45) is 3.05. The Bertz CT molecular complexity index is 554. The number of rotatable bonds is 3. The van der Waals surface area contributed by atoms with E-state index >= 15 is 0 Å². The van der Waals surface area contributed by atoms with Gasteiger partial charge in [-0.2, -0.15) is 0 Å². The quantitative estimate of drug-likeness (QED) is 0.880. The number of hydrogen-bond donors (Lipinski definition) is 2. The minimum atomic E-state index is -1.04. The Morgan fingerprint density at radius 3 is 2.61 bits per heavy atom. The molecule has 18 heavy (non-hydrogen) atoms. The Balaban J connectivity index is 2.51. The summed E-state index contributed by atoms with van der Waals surface area (Å²) < 4.78 is 0. The van der Waals surface area contributed by atoms with Gasteiger partial charge < -0.3 is 10.2 Å². The summed E-state index contributed by atoms with van der Waals surface area (Å²) in [6, 6.07) is 3.63. The molecule has 0 aromatic carbocycles. The van der Waals surface area contributed by atoms with Gasteiger partial charge in [-0.1, -0.05) is 18.2 Å². The number of carbonyl (C=O) groups is 2. The van der Waals surface area contributed by atoms with Crippen molar-refractivity contribution in [1.82, 2.24) is 0 Å². The molecule has 1 atom stereocenters. The fourth-order valence-electron chi connectivity index (χ4n) is 1.91. The highest BCUT2D eigenvalue weighted by molar-refractivity contribution is 7.11. The van der Waals surface area contributed by atoms with Gasteiger partial charge in [-0.3, -0.25) is 4.79 Å². The number of carboxylic acids is 2. The van der Waals surface area contributed by atoms with E-state index in [1.54, 1.807) is 6.92 Å². The molecule has 94 valence electrons. The summed E-state index contributed by atoms with van der Waals surface area (Å²) in [5, 5.41) is 20.2.